The fourth-order valence-corrected chi connectivity index (χ4v) is 6.32. The number of carbonyl (C=O) groups is 1. The molecule has 4 saturated carbocycles. The van der Waals surface area contributed by atoms with Crippen LogP contribution < -0.4 is 4.90 Å². The maximum atomic E-state index is 13.6. The summed E-state index contributed by atoms with van der Waals surface area (Å²) in [6.07, 6.45) is 6.98. The summed E-state index contributed by atoms with van der Waals surface area (Å²) in [7, 11) is 0. The molecule has 1 heterocycles. The van der Waals surface area contributed by atoms with E-state index in [9.17, 15) is 9.90 Å². The molecule has 2 aromatic rings. The van der Waals surface area contributed by atoms with Gasteiger partial charge in [-0.25, -0.2) is 4.85 Å². The number of hydrogen-bond acceptors (Lipinski definition) is 5. The number of benzene rings is 1. The van der Waals surface area contributed by atoms with Crippen LogP contribution in [0, 0.1) is 17.9 Å². The smallest absolute Gasteiger partial charge is 0.232 e. The fourth-order valence-electron chi connectivity index (χ4n) is 6.32. The molecule has 4 aliphatic rings. The lowest BCUT2D eigenvalue weighted by Gasteiger charge is -2.53. The molecule has 1 N–H and O–H groups in total. The highest BCUT2D eigenvalue weighted by Crippen LogP contribution is 2.58. The third kappa shape index (κ3) is 4.38. The SMILES string of the molecule is [C-]#[N+]c1cccc(N(CC23CCC(c4nc(C(C)(C)C)no4)(CC2)CC3)C(=O)C2CC(C)(O)C2)c1. The standard InChI is InChI=1S/C28H36N4O3/c1-25(2,3)23-30-24(35-31-23)28-12-9-27(10-13-28,11-14-28)18-32(21-8-6-7-20(15-21)29-5)22(33)19-16-26(4,34)17-19/h6-8,15,19,34H,9-14,16-18H2,1-4H3. The Balaban J connectivity index is 1.37. The van der Waals surface area contributed by atoms with Gasteiger partial charge in [0.05, 0.1) is 12.2 Å². The van der Waals surface area contributed by atoms with Crippen LogP contribution in [0.15, 0.2) is 28.8 Å². The highest BCUT2D eigenvalue weighted by Gasteiger charge is 2.54. The number of nitrogens with zero attached hydrogens (tertiary/aromatic N) is 4. The summed E-state index contributed by atoms with van der Waals surface area (Å²) in [5, 5.41) is 14.5. The minimum absolute atomic E-state index is 0.0463. The van der Waals surface area contributed by atoms with Crippen molar-refractivity contribution in [1.29, 1.82) is 0 Å². The van der Waals surface area contributed by atoms with Crippen LogP contribution in [0.2, 0.25) is 0 Å². The van der Waals surface area contributed by atoms with Crippen molar-refractivity contribution in [2.75, 3.05) is 11.4 Å². The molecular weight excluding hydrogens is 440 g/mol. The summed E-state index contributed by atoms with van der Waals surface area (Å²) < 4.78 is 5.79. The number of fused-ring (bicyclic) bond motifs is 3. The zero-order valence-corrected chi connectivity index (χ0v) is 21.3. The lowest BCUT2D eigenvalue weighted by Crippen LogP contribution is -2.54. The Kier molecular flexibility index (Phi) is 5.60. The van der Waals surface area contributed by atoms with Crippen molar-refractivity contribution in [1.82, 2.24) is 10.1 Å². The van der Waals surface area contributed by atoms with Gasteiger partial charge in [0, 0.05) is 29.0 Å². The van der Waals surface area contributed by atoms with Crippen LogP contribution in [0.1, 0.15) is 90.8 Å². The van der Waals surface area contributed by atoms with Crippen molar-refractivity contribution in [2.24, 2.45) is 11.3 Å². The van der Waals surface area contributed by atoms with Gasteiger partial charge in [0.1, 0.15) is 0 Å². The summed E-state index contributed by atoms with van der Waals surface area (Å²) in [4.78, 5) is 23.9. The second kappa shape index (κ2) is 8.16. The average molecular weight is 477 g/mol. The maximum Gasteiger partial charge on any atom is 0.232 e. The lowest BCUT2D eigenvalue weighted by atomic mass is 9.53. The van der Waals surface area contributed by atoms with Crippen molar-refractivity contribution in [2.45, 2.75) is 95.5 Å². The topological polar surface area (TPSA) is 83.8 Å². The van der Waals surface area contributed by atoms with Gasteiger partial charge in [-0.2, -0.15) is 4.98 Å². The van der Waals surface area contributed by atoms with Crippen molar-refractivity contribution in [3.05, 3.63) is 47.4 Å². The quantitative estimate of drug-likeness (QED) is 0.559. The van der Waals surface area contributed by atoms with E-state index in [-0.39, 0.29) is 28.1 Å². The van der Waals surface area contributed by atoms with Crippen molar-refractivity contribution in [3.8, 4) is 0 Å². The second-order valence-electron chi connectivity index (χ2n) is 12.6. The van der Waals surface area contributed by atoms with E-state index in [1.165, 1.54) is 0 Å². The van der Waals surface area contributed by atoms with E-state index < -0.39 is 5.60 Å². The van der Waals surface area contributed by atoms with Gasteiger partial charge >= 0.3 is 0 Å². The van der Waals surface area contributed by atoms with Crippen molar-refractivity contribution in [3.63, 3.8) is 0 Å². The Labute approximate surface area is 207 Å². The summed E-state index contributed by atoms with van der Waals surface area (Å²) in [6.45, 7) is 16.2. The van der Waals surface area contributed by atoms with Crippen molar-refractivity contribution < 1.29 is 14.4 Å². The molecule has 6 rings (SSSR count). The van der Waals surface area contributed by atoms with E-state index in [2.05, 4.69) is 30.8 Å². The van der Waals surface area contributed by atoms with Gasteiger partial charge in [-0.05, 0) is 75.8 Å². The zero-order valence-electron chi connectivity index (χ0n) is 21.3. The van der Waals surface area contributed by atoms with Crippen LogP contribution in [-0.2, 0) is 15.6 Å². The third-order valence-corrected chi connectivity index (χ3v) is 8.70. The molecule has 0 unspecified atom stereocenters. The molecule has 186 valence electrons. The second-order valence-corrected chi connectivity index (χ2v) is 12.6. The molecule has 1 aromatic heterocycles. The Morgan fingerprint density at radius 2 is 1.86 bits per heavy atom. The number of aromatic nitrogens is 2. The van der Waals surface area contributed by atoms with E-state index in [1.54, 1.807) is 13.0 Å². The van der Waals surface area contributed by atoms with E-state index >= 15 is 0 Å². The molecule has 0 atom stereocenters. The first-order valence-electron chi connectivity index (χ1n) is 12.8. The summed E-state index contributed by atoms with van der Waals surface area (Å²) in [6, 6.07) is 7.38. The number of rotatable bonds is 5. The first kappa shape index (κ1) is 24.0. The van der Waals surface area contributed by atoms with Crippen molar-refractivity contribution >= 4 is 17.3 Å². The Morgan fingerprint density at radius 3 is 2.40 bits per heavy atom. The highest BCUT2D eigenvalue weighted by molar-refractivity contribution is 5.96. The van der Waals surface area contributed by atoms with Gasteiger partial charge in [-0.15, -0.1) is 0 Å². The fraction of sp³-hybridized carbons (Fsp3) is 0.643. The Hall–Kier alpha value is -2.72. The first-order chi connectivity index (χ1) is 16.4. The molecule has 1 amide bonds. The predicted octanol–water partition coefficient (Wildman–Crippen LogP) is 5.70. The molecule has 0 saturated heterocycles. The maximum absolute atomic E-state index is 13.6. The molecule has 4 fully saturated rings. The molecule has 0 radical (unpaired) electrons. The van der Waals surface area contributed by atoms with Crippen LogP contribution in [0.3, 0.4) is 0 Å². The van der Waals surface area contributed by atoms with Gasteiger partial charge in [0.2, 0.25) is 11.8 Å². The highest BCUT2D eigenvalue weighted by atomic mass is 16.5. The van der Waals surface area contributed by atoms with Gasteiger partial charge in [0.25, 0.3) is 0 Å². The summed E-state index contributed by atoms with van der Waals surface area (Å²) in [5.41, 5.74) is 0.426. The summed E-state index contributed by atoms with van der Waals surface area (Å²) >= 11 is 0. The van der Waals surface area contributed by atoms with Gasteiger partial charge in [-0.1, -0.05) is 38.1 Å². The minimum Gasteiger partial charge on any atom is -0.390 e. The van der Waals surface area contributed by atoms with Gasteiger partial charge in [0.15, 0.2) is 11.5 Å². The van der Waals surface area contributed by atoms with E-state index in [4.69, 9.17) is 16.1 Å². The van der Waals surface area contributed by atoms with Crippen LogP contribution >= 0.6 is 0 Å². The zero-order chi connectivity index (χ0) is 25.1. The monoisotopic (exact) mass is 476 g/mol. The van der Waals surface area contributed by atoms with Crippen LogP contribution in [0.25, 0.3) is 4.85 Å². The van der Waals surface area contributed by atoms with Gasteiger partial charge < -0.3 is 14.5 Å². The number of amides is 1. The summed E-state index contributed by atoms with van der Waals surface area (Å²) in [5.74, 6) is 1.45. The minimum atomic E-state index is -0.756. The number of aliphatic hydroxyl groups is 1. The molecule has 0 aliphatic heterocycles. The first-order valence-corrected chi connectivity index (χ1v) is 12.8. The molecule has 35 heavy (non-hydrogen) atoms. The number of hydrogen-bond donors (Lipinski definition) is 1. The van der Waals surface area contributed by atoms with Crippen LogP contribution in [-0.4, -0.2) is 33.3 Å². The predicted molar refractivity (Wildman–Crippen MR) is 133 cm³/mol. The molecular formula is C28H36N4O3. The lowest BCUT2D eigenvalue weighted by molar-refractivity contribution is -0.137. The van der Waals surface area contributed by atoms with Gasteiger partial charge in [-0.3, -0.25) is 4.79 Å². The molecule has 2 bridgehead atoms. The molecule has 7 heteroatoms. The largest absolute Gasteiger partial charge is 0.390 e. The van der Waals surface area contributed by atoms with Crippen LogP contribution in [0.4, 0.5) is 11.4 Å². The van der Waals surface area contributed by atoms with Crippen LogP contribution in [0.5, 0.6) is 0 Å². The molecule has 1 aromatic carbocycles. The number of anilines is 1. The van der Waals surface area contributed by atoms with E-state index in [0.717, 1.165) is 55.9 Å². The Morgan fingerprint density at radius 1 is 1.20 bits per heavy atom. The molecule has 4 aliphatic carbocycles. The van der Waals surface area contributed by atoms with E-state index in [1.807, 2.05) is 23.1 Å². The Bertz CT molecular complexity index is 1140. The van der Waals surface area contributed by atoms with E-state index in [0.29, 0.717) is 25.1 Å². The average Bonchev–Trinajstić information content (AvgIpc) is 3.34. The third-order valence-electron chi connectivity index (χ3n) is 8.70. The normalized spacial score (nSPS) is 32.1. The molecule has 7 nitrogen and oxygen atoms in total. The molecule has 0 spiro atoms. The number of carbonyl (C=O) groups excluding carboxylic acids is 1.